The van der Waals surface area contributed by atoms with Gasteiger partial charge in [-0.2, -0.15) is 0 Å². The van der Waals surface area contributed by atoms with Crippen molar-refractivity contribution >= 4 is 11.8 Å². The molecule has 3 rings (SSSR count). The van der Waals surface area contributed by atoms with Crippen molar-refractivity contribution in [2.45, 2.75) is 25.7 Å². The molecule has 4 heteroatoms. The fourth-order valence-electron chi connectivity index (χ4n) is 3.19. The highest BCUT2D eigenvalue weighted by Crippen LogP contribution is 2.32. The minimum Gasteiger partial charge on any atom is -0.366 e. The number of nitrogens with two attached hydrogens (primary N) is 1. The lowest BCUT2D eigenvalue weighted by atomic mass is 10.0. The van der Waals surface area contributed by atoms with Crippen molar-refractivity contribution in [1.29, 1.82) is 0 Å². The second-order valence-electron chi connectivity index (χ2n) is 6.04. The average Bonchev–Trinajstić information content (AvgIpc) is 2.96. The van der Waals surface area contributed by atoms with E-state index in [-0.39, 0.29) is 5.91 Å². The van der Waals surface area contributed by atoms with Gasteiger partial charge in [0, 0.05) is 23.6 Å². The van der Waals surface area contributed by atoms with Gasteiger partial charge in [-0.15, -0.1) is 0 Å². The molecule has 1 atom stereocenters. The Morgan fingerprint density at radius 1 is 1.22 bits per heavy atom. The predicted molar refractivity (Wildman–Crippen MR) is 89.5 cm³/mol. The van der Waals surface area contributed by atoms with Crippen LogP contribution in [-0.2, 0) is 6.42 Å². The summed E-state index contributed by atoms with van der Waals surface area (Å²) in [6.07, 6.45) is 2.12. The fourth-order valence-corrected chi connectivity index (χ4v) is 3.19. The second kappa shape index (κ2) is 6.24. The third kappa shape index (κ3) is 3.11. The molecule has 2 aromatic carbocycles. The molecule has 1 aliphatic carbocycles. The molecule has 1 unspecified atom stereocenters. The van der Waals surface area contributed by atoms with Gasteiger partial charge in [0.25, 0.3) is 5.91 Å². The molecule has 0 saturated heterocycles. The zero-order chi connectivity index (χ0) is 16.4. The van der Waals surface area contributed by atoms with Crippen molar-refractivity contribution in [3.63, 3.8) is 0 Å². The van der Waals surface area contributed by atoms with Crippen LogP contribution in [0.15, 0.2) is 42.5 Å². The van der Waals surface area contributed by atoms with Crippen molar-refractivity contribution in [2.24, 2.45) is 5.73 Å². The Kier molecular flexibility index (Phi) is 4.15. The molecule has 118 valence electrons. The van der Waals surface area contributed by atoms with Crippen LogP contribution in [0.4, 0.5) is 0 Å². The number of carbonyl (C=O) groups is 2. The van der Waals surface area contributed by atoms with Gasteiger partial charge in [0.05, 0.1) is 0 Å². The Balaban J connectivity index is 1.71. The number of hydrogen-bond donors (Lipinski definition) is 2. The number of aryl methyl sites for hydroxylation is 2. The quantitative estimate of drug-likeness (QED) is 0.911. The van der Waals surface area contributed by atoms with Crippen LogP contribution in [0, 0.1) is 6.92 Å². The first-order chi connectivity index (χ1) is 11.1. The van der Waals surface area contributed by atoms with Crippen molar-refractivity contribution < 1.29 is 9.59 Å². The van der Waals surface area contributed by atoms with Gasteiger partial charge in [0.2, 0.25) is 5.91 Å². The van der Waals surface area contributed by atoms with E-state index in [1.165, 1.54) is 11.1 Å². The van der Waals surface area contributed by atoms with Crippen LogP contribution >= 0.6 is 0 Å². The number of carbonyl (C=O) groups excluding carboxylic acids is 2. The first-order valence-electron chi connectivity index (χ1n) is 7.82. The van der Waals surface area contributed by atoms with Gasteiger partial charge in [-0.3, -0.25) is 9.59 Å². The number of hydrogen-bond acceptors (Lipinski definition) is 2. The molecule has 2 amide bonds. The zero-order valence-electron chi connectivity index (χ0n) is 13.1. The molecule has 4 nitrogen and oxygen atoms in total. The highest BCUT2D eigenvalue weighted by Gasteiger charge is 2.22. The Hall–Kier alpha value is -2.62. The van der Waals surface area contributed by atoms with Crippen molar-refractivity contribution in [1.82, 2.24) is 5.32 Å². The van der Waals surface area contributed by atoms with Crippen LogP contribution in [0.25, 0.3) is 0 Å². The Labute approximate surface area is 135 Å². The number of fused-ring (bicyclic) bond motifs is 1. The van der Waals surface area contributed by atoms with Gasteiger partial charge in [0.15, 0.2) is 0 Å². The van der Waals surface area contributed by atoms with Gasteiger partial charge in [-0.1, -0.05) is 30.3 Å². The molecule has 0 fully saturated rings. The molecule has 23 heavy (non-hydrogen) atoms. The second-order valence-corrected chi connectivity index (χ2v) is 6.04. The van der Waals surface area contributed by atoms with E-state index < -0.39 is 5.91 Å². The van der Waals surface area contributed by atoms with E-state index >= 15 is 0 Å². The van der Waals surface area contributed by atoms with Crippen LogP contribution < -0.4 is 11.1 Å². The Bertz CT molecular complexity index is 768. The third-order valence-electron chi connectivity index (χ3n) is 4.53. The van der Waals surface area contributed by atoms with Crippen LogP contribution in [0.1, 0.15) is 49.7 Å². The highest BCUT2D eigenvalue weighted by atomic mass is 16.2. The topological polar surface area (TPSA) is 72.2 Å². The summed E-state index contributed by atoms with van der Waals surface area (Å²) >= 11 is 0. The predicted octanol–water partition coefficient (Wildman–Crippen LogP) is 2.55. The number of nitrogens with one attached hydrogen (secondary N) is 1. The van der Waals surface area contributed by atoms with Crippen molar-refractivity contribution in [3.8, 4) is 0 Å². The molecule has 0 saturated carbocycles. The summed E-state index contributed by atoms with van der Waals surface area (Å²) in [6.45, 7) is 2.46. The summed E-state index contributed by atoms with van der Waals surface area (Å²) in [6, 6.07) is 13.3. The molecule has 3 N–H and O–H groups in total. The van der Waals surface area contributed by atoms with Gasteiger partial charge in [0.1, 0.15) is 0 Å². The third-order valence-corrected chi connectivity index (χ3v) is 4.53. The van der Waals surface area contributed by atoms with E-state index in [9.17, 15) is 9.59 Å². The highest BCUT2D eigenvalue weighted by molar-refractivity contribution is 6.00. The minimum absolute atomic E-state index is 0.157. The molecule has 0 bridgehead atoms. The van der Waals surface area contributed by atoms with Crippen LogP contribution in [0.5, 0.6) is 0 Å². The van der Waals surface area contributed by atoms with Crippen molar-refractivity contribution in [3.05, 3.63) is 70.3 Å². The number of benzene rings is 2. The summed E-state index contributed by atoms with van der Waals surface area (Å²) in [5, 5.41) is 3.00. The zero-order valence-corrected chi connectivity index (χ0v) is 13.1. The molecule has 0 aliphatic heterocycles. The molecule has 0 spiro atoms. The standard InChI is InChI=1S/C19H20N2O2/c1-12-6-7-14(18(20)22)10-17(12)19(23)21-11-15-9-8-13-4-2-3-5-16(13)15/h2-7,10,15H,8-9,11H2,1H3,(H2,20,22)(H,21,23). The first kappa shape index (κ1) is 15.3. The lowest BCUT2D eigenvalue weighted by molar-refractivity contribution is 0.0950. The minimum atomic E-state index is -0.524. The van der Waals surface area contributed by atoms with E-state index in [0.29, 0.717) is 23.6 Å². The molecule has 1 aliphatic rings. The summed E-state index contributed by atoms with van der Waals surface area (Å²) < 4.78 is 0. The Morgan fingerprint density at radius 3 is 2.78 bits per heavy atom. The molecule has 2 aromatic rings. The first-order valence-corrected chi connectivity index (χ1v) is 7.82. The van der Waals surface area contributed by atoms with E-state index in [1.807, 2.05) is 13.0 Å². The van der Waals surface area contributed by atoms with Crippen LogP contribution in [0.3, 0.4) is 0 Å². The average molecular weight is 308 g/mol. The smallest absolute Gasteiger partial charge is 0.251 e. The van der Waals surface area contributed by atoms with E-state index in [0.717, 1.165) is 18.4 Å². The number of primary amides is 1. The van der Waals surface area contributed by atoms with Gasteiger partial charge < -0.3 is 11.1 Å². The maximum absolute atomic E-state index is 12.4. The number of rotatable bonds is 4. The monoisotopic (exact) mass is 308 g/mol. The van der Waals surface area contributed by atoms with Crippen LogP contribution in [0.2, 0.25) is 0 Å². The molecular formula is C19H20N2O2. The van der Waals surface area contributed by atoms with Crippen molar-refractivity contribution in [2.75, 3.05) is 6.54 Å². The normalized spacial score (nSPS) is 16.0. The number of amides is 2. The van der Waals surface area contributed by atoms with Gasteiger partial charge in [-0.05, 0) is 48.6 Å². The maximum Gasteiger partial charge on any atom is 0.251 e. The lowest BCUT2D eigenvalue weighted by Crippen LogP contribution is -2.28. The lowest BCUT2D eigenvalue weighted by Gasteiger charge is -2.14. The van der Waals surface area contributed by atoms with Gasteiger partial charge >= 0.3 is 0 Å². The van der Waals surface area contributed by atoms with E-state index in [4.69, 9.17) is 5.73 Å². The van der Waals surface area contributed by atoms with E-state index in [1.54, 1.807) is 18.2 Å². The molecule has 0 heterocycles. The molecule has 0 aromatic heterocycles. The summed E-state index contributed by atoms with van der Waals surface area (Å²) in [5.41, 5.74) is 9.69. The molecular weight excluding hydrogens is 288 g/mol. The fraction of sp³-hybridized carbons (Fsp3) is 0.263. The van der Waals surface area contributed by atoms with Gasteiger partial charge in [-0.25, -0.2) is 0 Å². The molecule has 0 radical (unpaired) electrons. The van der Waals surface area contributed by atoms with Crippen LogP contribution in [-0.4, -0.2) is 18.4 Å². The van der Waals surface area contributed by atoms with E-state index in [2.05, 4.69) is 23.5 Å². The Morgan fingerprint density at radius 2 is 2.00 bits per heavy atom. The summed E-state index contributed by atoms with van der Waals surface area (Å²) in [4.78, 5) is 23.7. The largest absolute Gasteiger partial charge is 0.366 e. The SMILES string of the molecule is Cc1ccc(C(N)=O)cc1C(=O)NCC1CCc2ccccc21. The maximum atomic E-state index is 12.4. The summed E-state index contributed by atoms with van der Waals surface area (Å²) in [7, 11) is 0. The summed E-state index contributed by atoms with van der Waals surface area (Å²) in [5.74, 6) is -0.325.